The SMILES string of the molecule is CC1(C)OB(c2ccnc3c(C(F)(F)F)cccc23)OC1(C)C. The Morgan fingerprint density at radius 1 is 1.00 bits per heavy atom. The Hall–Kier alpha value is -1.60. The quantitative estimate of drug-likeness (QED) is 0.752. The molecule has 23 heavy (non-hydrogen) atoms. The molecule has 0 radical (unpaired) electrons. The van der Waals surface area contributed by atoms with E-state index in [1.165, 1.54) is 12.3 Å². The van der Waals surface area contributed by atoms with Crippen LogP contribution < -0.4 is 5.46 Å². The molecule has 7 heteroatoms. The molecule has 0 amide bonds. The third-order valence-electron chi connectivity index (χ3n) is 4.62. The first-order valence-electron chi connectivity index (χ1n) is 7.33. The van der Waals surface area contributed by atoms with Crippen LogP contribution in [0, 0.1) is 0 Å². The van der Waals surface area contributed by atoms with Gasteiger partial charge >= 0.3 is 13.3 Å². The van der Waals surface area contributed by atoms with Gasteiger partial charge in [0, 0.05) is 11.6 Å². The van der Waals surface area contributed by atoms with Crippen LogP contribution in [0.5, 0.6) is 0 Å². The van der Waals surface area contributed by atoms with Gasteiger partial charge in [-0.05, 0) is 45.3 Å². The van der Waals surface area contributed by atoms with Crippen molar-refractivity contribution in [1.29, 1.82) is 0 Å². The van der Waals surface area contributed by atoms with Crippen LogP contribution in [0.15, 0.2) is 30.5 Å². The van der Waals surface area contributed by atoms with Crippen molar-refractivity contribution in [2.75, 3.05) is 0 Å². The van der Waals surface area contributed by atoms with E-state index in [0.29, 0.717) is 10.8 Å². The van der Waals surface area contributed by atoms with E-state index in [-0.39, 0.29) is 5.52 Å². The first kappa shape index (κ1) is 16.3. The van der Waals surface area contributed by atoms with E-state index in [2.05, 4.69) is 4.98 Å². The Morgan fingerprint density at radius 3 is 2.17 bits per heavy atom. The molecular weight excluding hydrogens is 306 g/mol. The van der Waals surface area contributed by atoms with Gasteiger partial charge in [-0.25, -0.2) is 0 Å². The molecule has 3 rings (SSSR count). The largest absolute Gasteiger partial charge is 0.495 e. The summed E-state index contributed by atoms with van der Waals surface area (Å²) in [6.07, 6.45) is -3.10. The fourth-order valence-corrected chi connectivity index (χ4v) is 2.60. The average Bonchev–Trinajstić information content (AvgIpc) is 2.65. The van der Waals surface area contributed by atoms with Crippen molar-refractivity contribution in [1.82, 2.24) is 4.98 Å². The summed E-state index contributed by atoms with van der Waals surface area (Å²) in [6.45, 7) is 7.60. The predicted octanol–water partition coefficient (Wildman–Crippen LogP) is 3.55. The summed E-state index contributed by atoms with van der Waals surface area (Å²) < 4.78 is 51.4. The van der Waals surface area contributed by atoms with Crippen molar-refractivity contribution in [2.24, 2.45) is 0 Å². The van der Waals surface area contributed by atoms with Crippen molar-refractivity contribution >= 4 is 23.5 Å². The van der Waals surface area contributed by atoms with Crippen molar-refractivity contribution in [3.8, 4) is 0 Å². The Morgan fingerprint density at radius 2 is 1.61 bits per heavy atom. The third-order valence-corrected chi connectivity index (χ3v) is 4.62. The lowest BCUT2D eigenvalue weighted by atomic mass is 9.77. The van der Waals surface area contributed by atoms with Crippen LogP contribution in [-0.2, 0) is 15.5 Å². The molecule has 0 N–H and O–H groups in total. The fourth-order valence-electron chi connectivity index (χ4n) is 2.60. The molecule has 0 atom stereocenters. The molecule has 0 aliphatic carbocycles. The molecule has 2 aromatic rings. The molecule has 1 saturated heterocycles. The van der Waals surface area contributed by atoms with E-state index in [1.54, 1.807) is 12.1 Å². The molecule has 122 valence electrons. The number of rotatable bonds is 1. The van der Waals surface area contributed by atoms with Gasteiger partial charge in [-0.2, -0.15) is 13.2 Å². The average molecular weight is 323 g/mol. The number of aromatic nitrogens is 1. The number of halogens is 3. The number of hydrogen-bond donors (Lipinski definition) is 0. The molecule has 1 aromatic heterocycles. The van der Waals surface area contributed by atoms with Gasteiger partial charge in [0.2, 0.25) is 0 Å². The van der Waals surface area contributed by atoms with Gasteiger partial charge in [-0.15, -0.1) is 0 Å². The highest BCUT2D eigenvalue weighted by atomic mass is 19.4. The van der Waals surface area contributed by atoms with Crippen molar-refractivity contribution in [3.63, 3.8) is 0 Å². The lowest BCUT2D eigenvalue weighted by Crippen LogP contribution is -2.41. The monoisotopic (exact) mass is 323 g/mol. The third kappa shape index (κ3) is 2.62. The summed E-state index contributed by atoms with van der Waals surface area (Å²) in [7, 11) is -0.728. The first-order chi connectivity index (χ1) is 10.5. The highest BCUT2D eigenvalue weighted by molar-refractivity contribution is 6.65. The molecule has 0 unspecified atom stereocenters. The van der Waals surface area contributed by atoms with Gasteiger partial charge in [0.15, 0.2) is 0 Å². The summed E-state index contributed by atoms with van der Waals surface area (Å²) >= 11 is 0. The zero-order valence-electron chi connectivity index (χ0n) is 13.4. The second-order valence-electron chi connectivity index (χ2n) is 6.69. The Kier molecular flexibility index (Phi) is 3.50. The normalized spacial score (nSPS) is 20.2. The Balaban J connectivity index is 2.14. The maximum absolute atomic E-state index is 13.2. The lowest BCUT2D eigenvalue weighted by molar-refractivity contribution is -0.136. The maximum atomic E-state index is 13.2. The van der Waals surface area contributed by atoms with Crippen LogP contribution in [0.3, 0.4) is 0 Å². The minimum atomic E-state index is -4.46. The van der Waals surface area contributed by atoms with Crippen LogP contribution >= 0.6 is 0 Å². The lowest BCUT2D eigenvalue weighted by Gasteiger charge is -2.32. The van der Waals surface area contributed by atoms with E-state index in [0.717, 1.165) is 6.07 Å². The number of pyridine rings is 1. The number of fused-ring (bicyclic) bond motifs is 1. The standard InChI is InChI=1S/C16H17BF3NO2/c1-14(2)15(3,4)23-17(22-14)12-8-9-21-13-10(12)6-5-7-11(13)16(18,19)20/h5-9H,1-4H3. The molecule has 0 spiro atoms. The molecule has 2 heterocycles. The molecule has 1 aliphatic heterocycles. The molecular formula is C16H17BF3NO2. The number of para-hydroxylation sites is 1. The van der Waals surface area contributed by atoms with Crippen LogP contribution in [-0.4, -0.2) is 23.3 Å². The molecule has 1 fully saturated rings. The zero-order valence-corrected chi connectivity index (χ0v) is 13.4. The number of nitrogens with zero attached hydrogens (tertiary/aromatic N) is 1. The second kappa shape index (κ2) is 4.95. The van der Waals surface area contributed by atoms with Crippen LogP contribution in [0.2, 0.25) is 0 Å². The summed E-state index contributed by atoms with van der Waals surface area (Å²) in [6, 6.07) is 5.66. The van der Waals surface area contributed by atoms with Crippen molar-refractivity contribution in [3.05, 3.63) is 36.0 Å². The maximum Gasteiger partial charge on any atom is 0.495 e. The number of benzene rings is 1. The van der Waals surface area contributed by atoms with Crippen molar-refractivity contribution < 1.29 is 22.5 Å². The van der Waals surface area contributed by atoms with Gasteiger partial charge in [-0.1, -0.05) is 12.1 Å². The molecule has 0 saturated carbocycles. The number of hydrogen-bond acceptors (Lipinski definition) is 3. The summed E-state index contributed by atoms with van der Waals surface area (Å²) in [5, 5.41) is 0.390. The van der Waals surface area contributed by atoms with E-state index >= 15 is 0 Å². The van der Waals surface area contributed by atoms with E-state index in [9.17, 15) is 13.2 Å². The predicted molar refractivity (Wildman–Crippen MR) is 82.5 cm³/mol. The Labute approximate surface area is 132 Å². The molecule has 3 nitrogen and oxygen atoms in total. The second-order valence-corrected chi connectivity index (χ2v) is 6.69. The summed E-state index contributed by atoms with van der Waals surface area (Å²) in [5.41, 5.74) is -1.41. The minimum Gasteiger partial charge on any atom is -0.399 e. The zero-order chi connectivity index (χ0) is 17.0. The van der Waals surface area contributed by atoms with Crippen molar-refractivity contribution in [2.45, 2.75) is 45.1 Å². The smallest absolute Gasteiger partial charge is 0.399 e. The fraction of sp³-hybridized carbons (Fsp3) is 0.438. The van der Waals surface area contributed by atoms with Crippen LogP contribution in [0.25, 0.3) is 10.9 Å². The Bertz CT molecular complexity index is 743. The van der Waals surface area contributed by atoms with Gasteiger partial charge in [0.25, 0.3) is 0 Å². The summed E-state index contributed by atoms with van der Waals surface area (Å²) in [4.78, 5) is 3.92. The molecule has 1 aromatic carbocycles. The first-order valence-corrected chi connectivity index (χ1v) is 7.33. The van der Waals surface area contributed by atoms with Crippen LogP contribution in [0.1, 0.15) is 33.3 Å². The highest BCUT2D eigenvalue weighted by Gasteiger charge is 2.52. The van der Waals surface area contributed by atoms with Gasteiger partial charge in [0.05, 0.1) is 22.3 Å². The van der Waals surface area contributed by atoms with Gasteiger partial charge < -0.3 is 9.31 Å². The van der Waals surface area contributed by atoms with Gasteiger partial charge in [0.1, 0.15) is 0 Å². The van der Waals surface area contributed by atoms with E-state index < -0.39 is 30.1 Å². The van der Waals surface area contributed by atoms with Crippen LogP contribution in [0.4, 0.5) is 13.2 Å². The van der Waals surface area contributed by atoms with E-state index in [1.807, 2.05) is 27.7 Å². The highest BCUT2D eigenvalue weighted by Crippen LogP contribution is 2.38. The molecule has 0 bridgehead atoms. The molecule has 1 aliphatic rings. The minimum absolute atomic E-state index is 0.0905. The summed E-state index contributed by atoms with van der Waals surface area (Å²) in [5.74, 6) is 0. The van der Waals surface area contributed by atoms with Gasteiger partial charge in [-0.3, -0.25) is 4.98 Å². The number of alkyl halides is 3. The topological polar surface area (TPSA) is 31.4 Å². The van der Waals surface area contributed by atoms with E-state index in [4.69, 9.17) is 9.31 Å².